The molecule has 0 aliphatic carbocycles. The molecule has 0 saturated heterocycles. The van der Waals surface area contributed by atoms with Crippen LogP contribution in [0.15, 0.2) is 71.6 Å². The van der Waals surface area contributed by atoms with Crippen LogP contribution in [-0.4, -0.2) is 18.1 Å². The van der Waals surface area contributed by atoms with Crippen LogP contribution >= 0.6 is 11.8 Å². The van der Waals surface area contributed by atoms with Crippen molar-refractivity contribution in [3.05, 3.63) is 77.9 Å². The van der Waals surface area contributed by atoms with Crippen molar-refractivity contribution in [2.24, 2.45) is 0 Å². The van der Waals surface area contributed by atoms with E-state index >= 15 is 0 Å². The fourth-order valence-corrected chi connectivity index (χ4v) is 3.57. The van der Waals surface area contributed by atoms with Crippen molar-refractivity contribution in [1.29, 1.82) is 0 Å². The molecule has 0 spiro atoms. The lowest BCUT2D eigenvalue weighted by atomic mass is 10.1. The fourth-order valence-electron chi connectivity index (χ4n) is 2.99. The van der Waals surface area contributed by atoms with E-state index in [1.54, 1.807) is 48.5 Å². The van der Waals surface area contributed by atoms with Crippen LogP contribution in [-0.2, 0) is 0 Å². The quantitative estimate of drug-likeness (QED) is 0.410. The van der Waals surface area contributed by atoms with Crippen LogP contribution in [0.1, 0.15) is 20.7 Å². The Morgan fingerprint density at radius 1 is 0.852 bits per heavy atom. The molecular formula is C21H16N2O3S. The van der Waals surface area contributed by atoms with Crippen molar-refractivity contribution in [2.75, 3.05) is 16.9 Å². The number of hydrogen-bond donors (Lipinski definition) is 1. The van der Waals surface area contributed by atoms with Crippen LogP contribution in [0.25, 0.3) is 0 Å². The van der Waals surface area contributed by atoms with E-state index in [-0.39, 0.29) is 11.8 Å². The van der Waals surface area contributed by atoms with E-state index in [4.69, 9.17) is 10.5 Å². The Morgan fingerprint density at radius 3 is 2.26 bits per heavy atom. The minimum absolute atomic E-state index is 0.324. The summed E-state index contributed by atoms with van der Waals surface area (Å²) in [5.74, 6) is 0.417. The lowest BCUT2D eigenvalue weighted by Gasteiger charge is -2.16. The molecule has 0 saturated carbocycles. The summed E-state index contributed by atoms with van der Waals surface area (Å²) in [5, 5.41) is 0. The van der Waals surface area contributed by atoms with Gasteiger partial charge in [0.1, 0.15) is 11.5 Å². The third kappa shape index (κ3) is 3.04. The minimum Gasteiger partial charge on any atom is -0.457 e. The molecule has 3 aromatic carbocycles. The number of thioether (sulfide) groups is 1. The number of nitrogen functional groups attached to an aromatic ring is 1. The van der Waals surface area contributed by atoms with E-state index in [9.17, 15) is 9.59 Å². The number of carbonyl (C=O) groups is 2. The molecule has 134 valence electrons. The predicted molar refractivity (Wildman–Crippen MR) is 107 cm³/mol. The van der Waals surface area contributed by atoms with Gasteiger partial charge in [0.2, 0.25) is 0 Å². The summed E-state index contributed by atoms with van der Waals surface area (Å²) in [6.45, 7) is 0. The molecule has 3 aromatic rings. The van der Waals surface area contributed by atoms with E-state index < -0.39 is 0 Å². The van der Waals surface area contributed by atoms with Crippen LogP contribution in [0.4, 0.5) is 11.4 Å². The molecule has 0 fully saturated rings. The molecular weight excluding hydrogens is 360 g/mol. The molecule has 2 amide bonds. The van der Waals surface area contributed by atoms with Gasteiger partial charge in [-0.25, -0.2) is 4.90 Å². The maximum absolute atomic E-state index is 12.9. The third-order valence-corrected chi connectivity index (χ3v) is 5.08. The van der Waals surface area contributed by atoms with E-state index in [1.165, 1.54) is 16.7 Å². The Labute approximate surface area is 160 Å². The number of carbonyl (C=O) groups excluding carboxylic acids is 2. The summed E-state index contributed by atoms with van der Waals surface area (Å²) in [4.78, 5) is 27.9. The number of nitrogens with zero attached hydrogens (tertiary/aromatic N) is 1. The number of benzene rings is 3. The average molecular weight is 376 g/mol. The fraction of sp³-hybridized carbons (Fsp3) is 0.0476. The van der Waals surface area contributed by atoms with Crippen molar-refractivity contribution >= 4 is 35.0 Å². The van der Waals surface area contributed by atoms with Crippen molar-refractivity contribution in [2.45, 2.75) is 4.90 Å². The highest BCUT2D eigenvalue weighted by Crippen LogP contribution is 2.36. The number of rotatable bonds is 4. The molecule has 1 aliphatic heterocycles. The minimum atomic E-state index is -0.348. The number of amides is 2. The highest BCUT2D eigenvalue weighted by molar-refractivity contribution is 7.98. The normalized spacial score (nSPS) is 13.0. The zero-order valence-electron chi connectivity index (χ0n) is 14.5. The molecule has 0 atom stereocenters. The van der Waals surface area contributed by atoms with E-state index in [0.717, 1.165) is 4.90 Å². The first-order valence-corrected chi connectivity index (χ1v) is 9.50. The number of nitrogens with two attached hydrogens (primary N) is 1. The molecule has 6 heteroatoms. The van der Waals surface area contributed by atoms with Crippen molar-refractivity contribution < 1.29 is 14.3 Å². The average Bonchev–Trinajstić information content (AvgIpc) is 2.93. The van der Waals surface area contributed by atoms with Crippen molar-refractivity contribution in [1.82, 2.24) is 0 Å². The SMILES string of the molecule is CSc1ccccc1N1C(=O)c2ccc(Oc3ccc(N)cc3)cc2C1=O. The lowest BCUT2D eigenvalue weighted by Crippen LogP contribution is -2.29. The smallest absolute Gasteiger partial charge is 0.266 e. The molecule has 0 unspecified atom stereocenters. The number of imide groups is 1. The summed E-state index contributed by atoms with van der Waals surface area (Å²) >= 11 is 1.49. The van der Waals surface area contributed by atoms with Gasteiger partial charge in [-0.15, -0.1) is 11.8 Å². The largest absolute Gasteiger partial charge is 0.457 e. The zero-order chi connectivity index (χ0) is 19.0. The Kier molecular flexibility index (Phi) is 4.33. The van der Waals surface area contributed by atoms with Gasteiger partial charge in [0, 0.05) is 10.6 Å². The Bertz CT molecular complexity index is 1050. The van der Waals surface area contributed by atoms with Crippen LogP contribution in [0.2, 0.25) is 0 Å². The summed E-state index contributed by atoms with van der Waals surface area (Å²) in [7, 11) is 0. The van der Waals surface area contributed by atoms with Crippen molar-refractivity contribution in [3.63, 3.8) is 0 Å². The van der Waals surface area contributed by atoms with E-state index in [0.29, 0.717) is 34.0 Å². The Morgan fingerprint density at radius 2 is 1.52 bits per heavy atom. The van der Waals surface area contributed by atoms with Gasteiger partial charge in [-0.2, -0.15) is 0 Å². The molecule has 5 nitrogen and oxygen atoms in total. The lowest BCUT2D eigenvalue weighted by molar-refractivity contribution is 0.0925. The van der Waals surface area contributed by atoms with Gasteiger partial charge < -0.3 is 10.5 Å². The first-order valence-electron chi connectivity index (χ1n) is 8.28. The van der Waals surface area contributed by atoms with Crippen LogP contribution < -0.4 is 15.4 Å². The Balaban J connectivity index is 1.68. The maximum atomic E-state index is 12.9. The van der Waals surface area contributed by atoms with E-state index in [1.807, 2.05) is 24.5 Å². The second-order valence-corrected chi connectivity index (χ2v) is 6.84. The van der Waals surface area contributed by atoms with Crippen LogP contribution in [0.3, 0.4) is 0 Å². The molecule has 1 heterocycles. The standard InChI is InChI=1S/C21H16N2O3S/c1-27-19-5-3-2-4-18(19)23-20(24)16-11-10-15(12-17(16)21(23)25)26-14-8-6-13(22)7-9-14/h2-12H,22H2,1H3. The van der Waals surface area contributed by atoms with Gasteiger partial charge in [-0.05, 0) is 60.9 Å². The second-order valence-electron chi connectivity index (χ2n) is 6.00. The molecule has 1 aliphatic rings. The van der Waals surface area contributed by atoms with Crippen molar-refractivity contribution in [3.8, 4) is 11.5 Å². The first-order chi connectivity index (χ1) is 13.1. The summed E-state index contributed by atoms with van der Waals surface area (Å²) in [6, 6.07) is 19.2. The number of ether oxygens (including phenoxy) is 1. The molecule has 2 N–H and O–H groups in total. The summed E-state index contributed by atoms with van der Waals surface area (Å²) < 4.78 is 5.79. The zero-order valence-corrected chi connectivity index (χ0v) is 15.3. The number of fused-ring (bicyclic) bond motifs is 1. The molecule has 0 bridgehead atoms. The van der Waals surface area contributed by atoms with Gasteiger partial charge in [0.05, 0.1) is 16.8 Å². The number of para-hydroxylation sites is 1. The van der Waals surface area contributed by atoms with Crippen LogP contribution in [0, 0.1) is 0 Å². The highest BCUT2D eigenvalue weighted by Gasteiger charge is 2.37. The first kappa shape index (κ1) is 17.2. The molecule has 0 aromatic heterocycles. The highest BCUT2D eigenvalue weighted by atomic mass is 32.2. The van der Waals surface area contributed by atoms with Gasteiger partial charge in [-0.1, -0.05) is 12.1 Å². The topological polar surface area (TPSA) is 72.6 Å². The number of anilines is 2. The molecule has 4 rings (SSSR count). The van der Waals surface area contributed by atoms with Crippen LogP contribution in [0.5, 0.6) is 11.5 Å². The number of hydrogen-bond acceptors (Lipinski definition) is 5. The summed E-state index contributed by atoms with van der Waals surface area (Å²) in [6.07, 6.45) is 1.91. The van der Waals surface area contributed by atoms with Gasteiger partial charge in [-0.3, -0.25) is 9.59 Å². The third-order valence-electron chi connectivity index (χ3n) is 4.30. The van der Waals surface area contributed by atoms with Gasteiger partial charge in [0.15, 0.2) is 0 Å². The molecule has 0 radical (unpaired) electrons. The maximum Gasteiger partial charge on any atom is 0.266 e. The molecule has 27 heavy (non-hydrogen) atoms. The van der Waals surface area contributed by atoms with Gasteiger partial charge in [0.25, 0.3) is 11.8 Å². The summed E-state index contributed by atoms with van der Waals surface area (Å²) in [5.41, 5.74) is 7.62. The predicted octanol–water partition coefficient (Wildman–Crippen LogP) is 4.58. The van der Waals surface area contributed by atoms with E-state index in [2.05, 4.69) is 0 Å². The van der Waals surface area contributed by atoms with Gasteiger partial charge >= 0.3 is 0 Å². The second kappa shape index (κ2) is 6.81. The monoisotopic (exact) mass is 376 g/mol. The Hall–Kier alpha value is -3.25.